The Morgan fingerprint density at radius 2 is 1.97 bits per heavy atom. The summed E-state index contributed by atoms with van der Waals surface area (Å²) in [5, 5.41) is 27.7. The molecule has 0 aromatic carbocycles. The number of aliphatic hydroxyl groups excluding tert-OH is 2. The minimum atomic E-state index is -0.893. The first-order valence-corrected chi connectivity index (χ1v) is 13.7. The molecule has 2 N–H and O–H groups in total. The Labute approximate surface area is 229 Å². The third-order valence-electron chi connectivity index (χ3n) is 7.72. The van der Waals surface area contributed by atoms with Crippen molar-refractivity contribution in [1.29, 1.82) is 0 Å². The molecule has 1 aliphatic heterocycles. The number of thiazole rings is 1. The van der Waals surface area contributed by atoms with E-state index < -0.39 is 23.5 Å². The number of hydrogen-bond acceptors (Lipinski definition) is 9. The van der Waals surface area contributed by atoms with Gasteiger partial charge in [-0.1, -0.05) is 44.8 Å². The number of Topliss-reactive ketones (excluding diaryl/α,β-unsaturated/α-hetero) is 1. The van der Waals surface area contributed by atoms with Gasteiger partial charge in [-0.15, -0.1) is 11.3 Å². The number of rotatable bonds is 14. The predicted octanol–water partition coefficient (Wildman–Crippen LogP) is 5.28. The van der Waals surface area contributed by atoms with Crippen molar-refractivity contribution in [3.8, 4) is 0 Å². The molecule has 0 bridgehead atoms. The van der Waals surface area contributed by atoms with Crippen molar-refractivity contribution in [2.45, 2.75) is 111 Å². The van der Waals surface area contributed by atoms with Crippen molar-refractivity contribution in [2.24, 2.45) is 22.4 Å². The van der Waals surface area contributed by atoms with Crippen LogP contribution in [0.4, 0.5) is 0 Å². The molecule has 1 aliphatic rings. The van der Waals surface area contributed by atoms with E-state index in [-0.39, 0.29) is 35.6 Å². The van der Waals surface area contributed by atoms with Gasteiger partial charge in [0, 0.05) is 21.6 Å². The van der Waals surface area contributed by atoms with E-state index in [2.05, 4.69) is 21.9 Å². The van der Waals surface area contributed by atoms with E-state index in [1.165, 1.54) is 0 Å². The van der Waals surface area contributed by atoms with Crippen molar-refractivity contribution in [1.82, 2.24) is 4.98 Å². The van der Waals surface area contributed by atoms with Gasteiger partial charge in [0.25, 0.3) is 0 Å². The summed E-state index contributed by atoms with van der Waals surface area (Å²) in [6.45, 7) is 14.7. The molecule has 1 aromatic rings. The largest absolute Gasteiger partial charge is 0.392 e. The molecule has 0 saturated carbocycles. The molecule has 0 amide bonds. The average molecular weight is 551 g/mol. The molecule has 11 heteroatoms. The number of ketones is 1. The van der Waals surface area contributed by atoms with E-state index >= 15 is 0 Å². The van der Waals surface area contributed by atoms with Gasteiger partial charge in [0.05, 0.1) is 40.7 Å². The van der Waals surface area contributed by atoms with Gasteiger partial charge in [0.2, 0.25) is 0 Å². The number of azide groups is 1. The lowest BCUT2D eigenvalue weighted by Crippen LogP contribution is -2.43. The highest BCUT2D eigenvalue weighted by Crippen LogP contribution is 2.44. The van der Waals surface area contributed by atoms with Crippen LogP contribution in [0.15, 0.2) is 16.1 Å². The van der Waals surface area contributed by atoms with Crippen LogP contribution in [0.2, 0.25) is 0 Å². The molecule has 0 spiro atoms. The van der Waals surface area contributed by atoms with Crippen LogP contribution in [0.5, 0.6) is 0 Å². The second-order valence-electron chi connectivity index (χ2n) is 11.0. The Hall–Kier alpha value is -2.39. The summed E-state index contributed by atoms with van der Waals surface area (Å²) in [4.78, 5) is 36.5. The lowest BCUT2D eigenvalue weighted by molar-refractivity contribution is -0.191. The Morgan fingerprint density at radius 3 is 2.47 bits per heavy atom. The number of aliphatic hydroxyl groups is 2. The topological polar surface area (TPSA) is 166 Å². The molecule has 7 unspecified atom stereocenters. The van der Waals surface area contributed by atoms with Crippen LogP contribution in [0.1, 0.15) is 84.9 Å². The van der Waals surface area contributed by atoms with Crippen molar-refractivity contribution in [2.75, 3.05) is 0 Å². The summed E-state index contributed by atoms with van der Waals surface area (Å²) in [7, 11) is 0. The van der Waals surface area contributed by atoms with Gasteiger partial charge in [-0.2, -0.15) is 9.59 Å². The fraction of sp³-hybridized carbons (Fsp3) is 0.741. The van der Waals surface area contributed by atoms with E-state index in [4.69, 9.17) is 19.9 Å². The fourth-order valence-corrected chi connectivity index (χ4v) is 5.13. The molecule has 0 radical (unpaired) electrons. The highest BCUT2D eigenvalue weighted by Gasteiger charge is 2.52. The minimum Gasteiger partial charge on any atom is -0.392 e. The molecule has 2 heterocycles. The standard InChI is InChI=1S/C26H42N4O4S.CO2/c1-15(23(32)17(3)24(33)25(6,7)18(4)31)10-9-11-26(8)22(34-26)13-21(29-30-27)16(2)12-20-14-35-19(5)28-20;2-1-3/h12,14-15,17-18,21-23,31-32H,9-11,13H2,1-8H3;/b16-12+;. The lowest BCUT2D eigenvalue weighted by Gasteiger charge is -2.33. The van der Waals surface area contributed by atoms with E-state index in [0.717, 1.165) is 35.5 Å². The first-order chi connectivity index (χ1) is 17.6. The third-order valence-corrected chi connectivity index (χ3v) is 8.51. The maximum absolute atomic E-state index is 12.8. The van der Waals surface area contributed by atoms with E-state index in [0.29, 0.717) is 6.42 Å². The first-order valence-electron chi connectivity index (χ1n) is 12.9. The van der Waals surface area contributed by atoms with Crippen LogP contribution in [0.25, 0.3) is 16.5 Å². The van der Waals surface area contributed by atoms with E-state index in [1.807, 2.05) is 32.2 Å². The van der Waals surface area contributed by atoms with Crippen LogP contribution in [0.3, 0.4) is 0 Å². The molecule has 1 fully saturated rings. The molecule has 212 valence electrons. The van der Waals surface area contributed by atoms with Crippen molar-refractivity contribution in [3.05, 3.63) is 32.1 Å². The highest BCUT2D eigenvalue weighted by molar-refractivity contribution is 7.09. The number of carbonyl (C=O) groups is 1. The number of epoxide rings is 1. The number of carbonyl (C=O) groups excluding carboxylic acids is 3. The molecule has 1 saturated heterocycles. The summed E-state index contributed by atoms with van der Waals surface area (Å²) >= 11 is 1.58. The van der Waals surface area contributed by atoms with E-state index in [9.17, 15) is 15.0 Å². The Kier molecular flexibility index (Phi) is 13.0. The van der Waals surface area contributed by atoms with Gasteiger partial charge >= 0.3 is 6.15 Å². The average Bonchev–Trinajstić information content (AvgIpc) is 3.29. The summed E-state index contributed by atoms with van der Waals surface area (Å²) in [6, 6.07) is -0.293. The summed E-state index contributed by atoms with van der Waals surface area (Å²) in [5.41, 5.74) is 9.72. The SMILES string of the molecule is C/C(=C\c1csc(C)n1)C(CC1OC1(C)CCCC(C)C(O)C(C)C(=O)C(C)(C)C(C)O)N=[N+]=[N-].O=C=O. The van der Waals surface area contributed by atoms with Gasteiger partial charge in [0.1, 0.15) is 5.78 Å². The number of aryl methyl sites for hydroxylation is 1. The van der Waals surface area contributed by atoms with Gasteiger partial charge in [-0.25, -0.2) is 4.98 Å². The summed E-state index contributed by atoms with van der Waals surface area (Å²) in [5.74, 6) is -0.720. The summed E-state index contributed by atoms with van der Waals surface area (Å²) < 4.78 is 6.02. The Morgan fingerprint density at radius 1 is 1.37 bits per heavy atom. The Balaban J connectivity index is 0.00000229. The molecule has 38 heavy (non-hydrogen) atoms. The van der Waals surface area contributed by atoms with Crippen molar-refractivity contribution < 1.29 is 29.3 Å². The smallest absolute Gasteiger partial charge is 0.373 e. The fourth-order valence-electron chi connectivity index (χ4n) is 4.56. The maximum atomic E-state index is 12.8. The molecular formula is C27H42N4O6S. The second kappa shape index (κ2) is 14.7. The van der Waals surface area contributed by atoms with Crippen molar-refractivity contribution >= 4 is 29.3 Å². The van der Waals surface area contributed by atoms with Crippen molar-refractivity contribution in [3.63, 3.8) is 0 Å². The number of hydrogen-bond donors (Lipinski definition) is 2. The molecule has 1 aromatic heterocycles. The van der Waals surface area contributed by atoms with Crippen LogP contribution < -0.4 is 0 Å². The molecular weight excluding hydrogens is 508 g/mol. The zero-order chi connectivity index (χ0) is 29.3. The first kappa shape index (κ1) is 33.6. The second-order valence-corrected chi connectivity index (χ2v) is 12.1. The number of ether oxygens (including phenoxy) is 1. The number of nitrogens with zero attached hydrogens (tertiary/aromatic N) is 4. The van der Waals surface area contributed by atoms with Crippen LogP contribution in [-0.4, -0.2) is 57.1 Å². The quantitative estimate of drug-likeness (QED) is 0.138. The lowest BCUT2D eigenvalue weighted by atomic mass is 9.74. The summed E-state index contributed by atoms with van der Waals surface area (Å²) in [6.07, 6.45) is 3.74. The zero-order valence-electron chi connectivity index (χ0n) is 23.7. The minimum absolute atomic E-state index is 0.00564. The normalized spacial score (nSPS) is 23.0. The predicted molar refractivity (Wildman–Crippen MR) is 145 cm³/mol. The van der Waals surface area contributed by atoms with Gasteiger partial charge in [-0.05, 0) is 64.5 Å². The highest BCUT2D eigenvalue weighted by atomic mass is 32.1. The van der Waals surface area contributed by atoms with Crippen LogP contribution >= 0.6 is 11.3 Å². The van der Waals surface area contributed by atoms with Gasteiger partial charge < -0.3 is 14.9 Å². The zero-order valence-corrected chi connectivity index (χ0v) is 24.5. The Bertz CT molecular complexity index is 1040. The van der Waals surface area contributed by atoms with E-state index in [1.54, 1.807) is 39.0 Å². The monoisotopic (exact) mass is 550 g/mol. The van der Waals surface area contributed by atoms with Crippen LogP contribution in [0, 0.1) is 24.2 Å². The third kappa shape index (κ3) is 9.42. The van der Waals surface area contributed by atoms with Gasteiger partial charge in [0.15, 0.2) is 0 Å². The molecule has 10 nitrogen and oxygen atoms in total. The van der Waals surface area contributed by atoms with Gasteiger partial charge in [-0.3, -0.25) is 4.79 Å². The maximum Gasteiger partial charge on any atom is 0.373 e. The molecule has 7 atom stereocenters. The molecule has 2 rings (SSSR count). The molecule has 0 aliphatic carbocycles. The number of aromatic nitrogens is 1. The van der Waals surface area contributed by atoms with Crippen LogP contribution in [-0.2, 0) is 19.1 Å².